The summed E-state index contributed by atoms with van der Waals surface area (Å²) >= 11 is 0. The molecule has 0 aliphatic carbocycles. The van der Waals surface area contributed by atoms with Crippen LogP contribution in [0.15, 0.2) is 36.7 Å². The third-order valence-corrected chi connectivity index (χ3v) is 2.03. The van der Waals surface area contributed by atoms with Crippen LogP contribution in [0.3, 0.4) is 0 Å². The number of aryl methyl sites for hydroxylation is 1. The lowest BCUT2D eigenvalue weighted by molar-refractivity contribution is -0.384. The minimum atomic E-state index is -0.403. The Morgan fingerprint density at radius 3 is 2.80 bits per heavy atom. The van der Waals surface area contributed by atoms with Crippen LogP contribution in [0.5, 0.6) is 0 Å². The molecule has 0 amide bonds. The molecule has 2 aromatic rings. The summed E-state index contributed by atoms with van der Waals surface area (Å²) in [6, 6.07) is 6.65. The molecule has 15 heavy (non-hydrogen) atoms. The Hall–Kier alpha value is -2.17. The van der Waals surface area contributed by atoms with E-state index < -0.39 is 4.92 Å². The monoisotopic (exact) mass is 203 g/mol. The van der Waals surface area contributed by atoms with Gasteiger partial charge in [-0.3, -0.25) is 10.1 Å². The van der Waals surface area contributed by atoms with Gasteiger partial charge in [0.2, 0.25) is 0 Å². The fourth-order valence-electron chi connectivity index (χ4n) is 1.40. The molecular formula is C10H9N3O2. The van der Waals surface area contributed by atoms with Crippen LogP contribution in [-0.4, -0.2) is 14.7 Å². The molecule has 5 heteroatoms. The molecule has 2 rings (SSSR count). The lowest BCUT2D eigenvalue weighted by Gasteiger charge is -2.02. The molecule has 0 radical (unpaired) electrons. The van der Waals surface area contributed by atoms with Gasteiger partial charge in [-0.2, -0.15) is 5.10 Å². The van der Waals surface area contributed by atoms with Gasteiger partial charge in [-0.1, -0.05) is 0 Å². The second-order valence-electron chi connectivity index (χ2n) is 3.23. The van der Waals surface area contributed by atoms with Crippen molar-refractivity contribution in [2.45, 2.75) is 6.92 Å². The van der Waals surface area contributed by atoms with Crippen molar-refractivity contribution < 1.29 is 4.92 Å². The zero-order chi connectivity index (χ0) is 10.8. The summed E-state index contributed by atoms with van der Waals surface area (Å²) in [6.07, 6.45) is 3.38. The number of nitro benzene ring substituents is 1. The van der Waals surface area contributed by atoms with E-state index in [4.69, 9.17) is 0 Å². The van der Waals surface area contributed by atoms with E-state index >= 15 is 0 Å². The Morgan fingerprint density at radius 2 is 2.20 bits per heavy atom. The second-order valence-corrected chi connectivity index (χ2v) is 3.23. The minimum absolute atomic E-state index is 0.0838. The van der Waals surface area contributed by atoms with E-state index in [0.29, 0.717) is 5.69 Å². The smallest absolute Gasteiger partial charge is 0.258 e. The van der Waals surface area contributed by atoms with Gasteiger partial charge in [0.25, 0.3) is 5.69 Å². The van der Waals surface area contributed by atoms with Gasteiger partial charge in [0, 0.05) is 24.5 Å². The van der Waals surface area contributed by atoms with Crippen LogP contribution in [0.1, 0.15) is 5.56 Å². The molecule has 0 spiro atoms. The number of non-ortho nitro benzene ring substituents is 1. The van der Waals surface area contributed by atoms with E-state index in [1.807, 2.05) is 13.0 Å². The van der Waals surface area contributed by atoms with Gasteiger partial charge in [-0.05, 0) is 24.6 Å². The summed E-state index contributed by atoms with van der Waals surface area (Å²) in [7, 11) is 0. The van der Waals surface area contributed by atoms with Gasteiger partial charge in [-0.15, -0.1) is 0 Å². The highest BCUT2D eigenvalue weighted by atomic mass is 16.6. The SMILES string of the molecule is Cc1cc(-n2cccn2)cc([N+](=O)[O-])c1. The Labute approximate surface area is 86.1 Å². The van der Waals surface area contributed by atoms with Crippen LogP contribution in [0.4, 0.5) is 5.69 Å². The molecular weight excluding hydrogens is 194 g/mol. The topological polar surface area (TPSA) is 61.0 Å². The maximum Gasteiger partial charge on any atom is 0.271 e. The van der Waals surface area contributed by atoms with Crippen LogP contribution in [0.2, 0.25) is 0 Å². The predicted molar refractivity (Wildman–Crippen MR) is 55.0 cm³/mol. The van der Waals surface area contributed by atoms with Crippen molar-refractivity contribution >= 4 is 5.69 Å². The van der Waals surface area contributed by atoms with Crippen molar-refractivity contribution in [1.82, 2.24) is 9.78 Å². The maximum atomic E-state index is 10.7. The van der Waals surface area contributed by atoms with Crippen molar-refractivity contribution in [1.29, 1.82) is 0 Å². The molecule has 0 atom stereocenters. The van der Waals surface area contributed by atoms with Gasteiger partial charge >= 0.3 is 0 Å². The number of nitrogens with zero attached hydrogens (tertiary/aromatic N) is 3. The summed E-state index contributed by atoms with van der Waals surface area (Å²) in [6.45, 7) is 1.82. The van der Waals surface area contributed by atoms with Gasteiger partial charge in [0.05, 0.1) is 10.6 Å². The fourth-order valence-corrected chi connectivity index (χ4v) is 1.40. The molecule has 5 nitrogen and oxygen atoms in total. The highest BCUT2D eigenvalue weighted by molar-refractivity contribution is 5.46. The molecule has 0 aliphatic heterocycles. The molecule has 0 unspecified atom stereocenters. The molecule has 0 aliphatic rings. The van der Waals surface area contributed by atoms with Crippen molar-refractivity contribution in [2.75, 3.05) is 0 Å². The second kappa shape index (κ2) is 3.53. The number of hydrogen-bond acceptors (Lipinski definition) is 3. The summed E-state index contributed by atoms with van der Waals surface area (Å²) < 4.78 is 1.60. The molecule has 1 aromatic carbocycles. The molecule has 76 valence electrons. The Kier molecular flexibility index (Phi) is 2.21. The zero-order valence-electron chi connectivity index (χ0n) is 8.12. The summed E-state index contributed by atoms with van der Waals surface area (Å²) in [5, 5.41) is 14.7. The van der Waals surface area contributed by atoms with E-state index in [-0.39, 0.29) is 5.69 Å². The standard InChI is InChI=1S/C10H9N3O2/c1-8-5-9(12-4-2-3-11-12)7-10(6-8)13(14)15/h2-7H,1H3. The van der Waals surface area contributed by atoms with E-state index in [9.17, 15) is 10.1 Å². The normalized spacial score (nSPS) is 10.2. The summed E-state index contributed by atoms with van der Waals surface area (Å²) in [4.78, 5) is 10.2. The number of aromatic nitrogens is 2. The molecule has 1 heterocycles. The largest absolute Gasteiger partial charge is 0.271 e. The third kappa shape index (κ3) is 1.85. The Bertz CT molecular complexity index is 491. The number of hydrogen-bond donors (Lipinski definition) is 0. The predicted octanol–water partition coefficient (Wildman–Crippen LogP) is 2.09. The Balaban J connectivity index is 2.54. The van der Waals surface area contributed by atoms with E-state index in [0.717, 1.165) is 5.56 Å². The number of benzene rings is 1. The van der Waals surface area contributed by atoms with E-state index in [2.05, 4.69) is 5.10 Å². The van der Waals surface area contributed by atoms with Gasteiger partial charge in [0.15, 0.2) is 0 Å². The van der Waals surface area contributed by atoms with Crippen LogP contribution in [0.25, 0.3) is 5.69 Å². The molecule has 0 bridgehead atoms. The Morgan fingerprint density at radius 1 is 1.40 bits per heavy atom. The van der Waals surface area contributed by atoms with Gasteiger partial charge in [-0.25, -0.2) is 4.68 Å². The number of nitro groups is 1. The number of rotatable bonds is 2. The first kappa shape index (κ1) is 9.39. The quantitative estimate of drug-likeness (QED) is 0.554. The molecule has 0 N–H and O–H groups in total. The van der Waals surface area contributed by atoms with Crippen LogP contribution in [0, 0.1) is 17.0 Å². The first-order chi connectivity index (χ1) is 7.16. The highest BCUT2D eigenvalue weighted by Gasteiger charge is 2.08. The van der Waals surface area contributed by atoms with Crippen molar-refractivity contribution in [3.63, 3.8) is 0 Å². The van der Waals surface area contributed by atoms with Crippen molar-refractivity contribution in [3.8, 4) is 5.69 Å². The molecule has 1 aromatic heterocycles. The van der Waals surface area contributed by atoms with E-state index in [1.54, 1.807) is 23.1 Å². The lowest BCUT2D eigenvalue weighted by Crippen LogP contribution is -1.97. The molecule has 0 saturated carbocycles. The molecule has 0 saturated heterocycles. The van der Waals surface area contributed by atoms with Gasteiger partial charge < -0.3 is 0 Å². The summed E-state index contributed by atoms with van der Waals surface area (Å²) in [5.41, 5.74) is 1.63. The first-order valence-electron chi connectivity index (χ1n) is 4.43. The highest BCUT2D eigenvalue weighted by Crippen LogP contribution is 2.18. The molecule has 0 fully saturated rings. The fraction of sp³-hybridized carbons (Fsp3) is 0.100. The van der Waals surface area contributed by atoms with Crippen molar-refractivity contribution in [3.05, 3.63) is 52.3 Å². The average Bonchev–Trinajstić information content (AvgIpc) is 2.69. The minimum Gasteiger partial charge on any atom is -0.258 e. The van der Waals surface area contributed by atoms with Crippen LogP contribution >= 0.6 is 0 Å². The van der Waals surface area contributed by atoms with Gasteiger partial charge in [0.1, 0.15) is 0 Å². The zero-order valence-corrected chi connectivity index (χ0v) is 8.12. The summed E-state index contributed by atoms with van der Waals surface area (Å²) in [5.74, 6) is 0. The van der Waals surface area contributed by atoms with Crippen LogP contribution in [-0.2, 0) is 0 Å². The maximum absolute atomic E-state index is 10.7. The average molecular weight is 203 g/mol. The third-order valence-electron chi connectivity index (χ3n) is 2.03. The van der Waals surface area contributed by atoms with Crippen molar-refractivity contribution in [2.24, 2.45) is 0 Å². The lowest BCUT2D eigenvalue weighted by atomic mass is 10.2. The van der Waals surface area contributed by atoms with E-state index in [1.165, 1.54) is 12.1 Å². The first-order valence-corrected chi connectivity index (χ1v) is 4.43. The van der Waals surface area contributed by atoms with Crippen LogP contribution < -0.4 is 0 Å².